The van der Waals surface area contributed by atoms with Crippen LogP contribution in [0.2, 0.25) is 0 Å². The molecule has 10 heteroatoms. The van der Waals surface area contributed by atoms with Crippen molar-refractivity contribution in [1.29, 1.82) is 0 Å². The smallest absolute Gasteiger partial charge is 0.255 e. The van der Waals surface area contributed by atoms with E-state index in [-0.39, 0.29) is 23.9 Å². The molecule has 0 saturated heterocycles. The van der Waals surface area contributed by atoms with Gasteiger partial charge in [0.25, 0.3) is 5.91 Å². The van der Waals surface area contributed by atoms with Gasteiger partial charge in [0.05, 0.1) is 42.4 Å². The molecule has 1 saturated carbocycles. The topological polar surface area (TPSA) is 146 Å². The first-order valence-electron chi connectivity index (χ1n) is 11.1. The second kappa shape index (κ2) is 10.7. The van der Waals surface area contributed by atoms with Gasteiger partial charge in [0.1, 0.15) is 5.82 Å². The van der Waals surface area contributed by atoms with E-state index in [0.29, 0.717) is 23.3 Å². The Morgan fingerprint density at radius 3 is 2.88 bits per heavy atom. The van der Waals surface area contributed by atoms with Crippen LogP contribution in [0.5, 0.6) is 0 Å². The molecule has 3 aromatic rings. The summed E-state index contributed by atoms with van der Waals surface area (Å²) in [6.07, 6.45) is 10.4. The van der Waals surface area contributed by atoms with Crippen molar-refractivity contribution in [2.75, 3.05) is 12.8 Å². The molecule has 5 N–H and O–H groups in total. The van der Waals surface area contributed by atoms with Crippen molar-refractivity contribution >= 4 is 23.5 Å². The third-order valence-electron chi connectivity index (χ3n) is 5.74. The zero-order valence-corrected chi connectivity index (χ0v) is 19.0. The molecule has 1 aromatic carbocycles. The van der Waals surface area contributed by atoms with Gasteiger partial charge in [0, 0.05) is 36.8 Å². The second-order valence-corrected chi connectivity index (χ2v) is 8.01. The molecule has 34 heavy (non-hydrogen) atoms. The summed E-state index contributed by atoms with van der Waals surface area (Å²) in [5, 5.41) is 11.4. The minimum atomic E-state index is -0.288. The van der Waals surface area contributed by atoms with Gasteiger partial charge >= 0.3 is 0 Å². The molecule has 0 spiro atoms. The first kappa shape index (κ1) is 23.1. The molecular formula is C24H28N8O2. The Bertz CT molecular complexity index is 1190. The number of hydrogen-bond donors (Lipinski definition) is 3. The molecule has 1 aliphatic rings. The molecule has 1 aliphatic carbocycles. The summed E-state index contributed by atoms with van der Waals surface area (Å²) in [4.78, 5) is 22.8. The van der Waals surface area contributed by atoms with Crippen LogP contribution in [-0.2, 0) is 11.3 Å². The number of nitrogen functional groups attached to an aromatic ring is 1. The zero-order chi connectivity index (χ0) is 23.9. The lowest BCUT2D eigenvalue weighted by Gasteiger charge is -2.22. The van der Waals surface area contributed by atoms with Crippen LogP contribution >= 0.6 is 0 Å². The number of aromatic nitrogens is 4. The van der Waals surface area contributed by atoms with E-state index in [1.165, 1.54) is 6.20 Å². The number of benzene rings is 1. The number of hydrogen-bond acceptors (Lipinski definition) is 8. The lowest BCUT2D eigenvalue weighted by Crippen LogP contribution is -2.41. The van der Waals surface area contributed by atoms with Crippen molar-refractivity contribution in [3.05, 3.63) is 71.8 Å². The average molecular weight is 461 g/mol. The fourth-order valence-electron chi connectivity index (χ4n) is 4.03. The van der Waals surface area contributed by atoms with Gasteiger partial charge in [0.15, 0.2) is 0 Å². The molecule has 0 unspecified atom stereocenters. The Balaban J connectivity index is 1.41. The summed E-state index contributed by atoms with van der Waals surface area (Å²) in [7, 11) is 1.65. The van der Waals surface area contributed by atoms with Crippen LogP contribution in [0.1, 0.15) is 40.7 Å². The molecule has 1 fully saturated rings. The van der Waals surface area contributed by atoms with Gasteiger partial charge in [-0.1, -0.05) is 12.1 Å². The number of carbonyl (C=O) groups excluding carboxylic acids is 1. The summed E-state index contributed by atoms with van der Waals surface area (Å²) >= 11 is 0. The van der Waals surface area contributed by atoms with E-state index in [1.807, 2.05) is 24.3 Å². The SMILES string of the molecule is CN=C/C(=C\N)c1cnc(N)c(C(=O)N[C@H]2CCC[C@@H]2OCc2cccc(-n3nccn3)c2)c1. The number of nitrogens with one attached hydrogen (secondary N) is 1. The summed E-state index contributed by atoms with van der Waals surface area (Å²) in [5.41, 5.74) is 15.2. The lowest BCUT2D eigenvalue weighted by molar-refractivity contribution is 0.0272. The van der Waals surface area contributed by atoms with Crippen molar-refractivity contribution in [2.45, 2.75) is 38.0 Å². The predicted molar refractivity (Wildman–Crippen MR) is 130 cm³/mol. The number of nitrogens with two attached hydrogens (primary N) is 2. The third kappa shape index (κ3) is 5.29. The number of anilines is 1. The minimum absolute atomic E-state index is 0.0977. The van der Waals surface area contributed by atoms with Crippen LogP contribution < -0.4 is 16.8 Å². The number of pyridine rings is 1. The van der Waals surface area contributed by atoms with E-state index in [4.69, 9.17) is 16.2 Å². The highest BCUT2D eigenvalue weighted by Gasteiger charge is 2.30. The Hall–Kier alpha value is -4.05. The van der Waals surface area contributed by atoms with E-state index in [0.717, 1.165) is 30.5 Å². The summed E-state index contributed by atoms with van der Waals surface area (Å²) in [6, 6.07) is 9.43. The lowest BCUT2D eigenvalue weighted by atomic mass is 10.1. The zero-order valence-electron chi connectivity index (χ0n) is 19.0. The molecular weight excluding hydrogens is 432 g/mol. The van der Waals surface area contributed by atoms with Gasteiger partial charge in [-0.25, -0.2) is 4.98 Å². The molecule has 10 nitrogen and oxygen atoms in total. The molecule has 2 heterocycles. The van der Waals surface area contributed by atoms with Crippen LogP contribution in [0, 0.1) is 0 Å². The third-order valence-corrected chi connectivity index (χ3v) is 5.74. The molecule has 176 valence electrons. The van der Waals surface area contributed by atoms with E-state index in [9.17, 15) is 4.79 Å². The van der Waals surface area contributed by atoms with Gasteiger partial charge < -0.3 is 21.5 Å². The highest BCUT2D eigenvalue weighted by atomic mass is 16.5. The molecule has 0 bridgehead atoms. The second-order valence-electron chi connectivity index (χ2n) is 8.01. The first-order chi connectivity index (χ1) is 16.6. The number of nitrogens with zero attached hydrogens (tertiary/aromatic N) is 5. The summed E-state index contributed by atoms with van der Waals surface area (Å²) < 4.78 is 6.20. The monoisotopic (exact) mass is 460 g/mol. The van der Waals surface area contributed by atoms with Crippen molar-refractivity contribution in [3.8, 4) is 5.69 Å². The fraction of sp³-hybridized carbons (Fsp3) is 0.292. The molecule has 0 radical (unpaired) electrons. The molecule has 2 aromatic heterocycles. The van der Waals surface area contributed by atoms with Gasteiger partial charge in [-0.15, -0.1) is 0 Å². The maximum Gasteiger partial charge on any atom is 0.255 e. The number of carbonyl (C=O) groups is 1. The number of amides is 1. The standard InChI is InChI=1S/C24H28N8O2/c1-27-13-18(12-25)17-11-20(23(26)28-14-17)24(33)31-21-6-3-7-22(21)34-15-16-4-2-5-19(10-16)32-29-8-9-30-32/h2,4-5,8-14,21-22H,3,6-7,15,25H2,1H3,(H2,26,28)(H,31,33)/b18-12+,27-13?/t21-,22-/m0/s1. The van der Waals surface area contributed by atoms with Crippen LogP contribution in [0.15, 0.2) is 60.1 Å². The quantitative estimate of drug-likeness (QED) is 0.436. The summed E-state index contributed by atoms with van der Waals surface area (Å²) in [6.45, 7) is 0.423. The van der Waals surface area contributed by atoms with Crippen molar-refractivity contribution < 1.29 is 9.53 Å². The maximum atomic E-state index is 13.1. The molecule has 1 amide bonds. The van der Waals surface area contributed by atoms with Gasteiger partial charge in [-0.3, -0.25) is 9.79 Å². The predicted octanol–water partition coefficient (Wildman–Crippen LogP) is 2.11. The van der Waals surface area contributed by atoms with Gasteiger partial charge in [0.2, 0.25) is 0 Å². The van der Waals surface area contributed by atoms with Crippen LogP contribution in [0.3, 0.4) is 0 Å². The van der Waals surface area contributed by atoms with Crippen molar-refractivity contribution in [2.24, 2.45) is 10.7 Å². The van der Waals surface area contributed by atoms with E-state index < -0.39 is 0 Å². The minimum Gasteiger partial charge on any atom is -0.404 e. The number of allylic oxidation sites excluding steroid dienone is 1. The fourth-order valence-corrected chi connectivity index (χ4v) is 4.03. The number of aliphatic imine (C=N–C) groups is 1. The Morgan fingerprint density at radius 2 is 2.12 bits per heavy atom. The normalized spacial score (nSPS) is 18.4. The number of rotatable bonds is 8. The Morgan fingerprint density at radius 1 is 1.29 bits per heavy atom. The molecule has 4 rings (SSSR count). The van der Waals surface area contributed by atoms with E-state index in [1.54, 1.807) is 42.7 Å². The Kier molecular flexibility index (Phi) is 7.28. The average Bonchev–Trinajstić information content (AvgIpc) is 3.54. The summed E-state index contributed by atoms with van der Waals surface area (Å²) in [5.74, 6) is -0.130. The van der Waals surface area contributed by atoms with Crippen LogP contribution in [0.4, 0.5) is 5.82 Å². The molecule has 0 aliphatic heterocycles. The van der Waals surface area contributed by atoms with Gasteiger partial charge in [-0.05, 0) is 43.0 Å². The van der Waals surface area contributed by atoms with Gasteiger partial charge in [-0.2, -0.15) is 15.0 Å². The van der Waals surface area contributed by atoms with Crippen LogP contribution in [0.25, 0.3) is 11.3 Å². The highest BCUT2D eigenvalue weighted by molar-refractivity contribution is 6.10. The number of ether oxygens (including phenoxy) is 1. The van der Waals surface area contributed by atoms with Crippen molar-refractivity contribution in [3.63, 3.8) is 0 Å². The van der Waals surface area contributed by atoms with Crippen molar-refractivity contribution in [1.82, 2.24) is 25.3 Å². The van der Waals surface area contributed by atoms with E-state index >= 15 is 0 Å². The van der Waals surface area contributed by atoms with E-state index in [2.05, 4.69) is 25.5 Å². The highest BCUT2D eigenvalue weighted by Crippen LogP contribution is 2.25. The Labute approximate surface area is 197 Å². The maximum absolute atomic E-state index is 13.1. The first-order valence-corrected chi connectivity index (χ1v) is 11.1. The molecule has 2 atom stereocenters. The van der Waals surface area contributed by atoms with Crippen LogP contribution in [-0.4, -0.2) is 51.3 Å². The largest absolute Gasteiger partial charge is 0.404 e.